The molecule has 7 nitrogen and oxygen atoms in total. The average molecular weight is 362 g/mol. The Morgan fingerprint density at radius 1 is 1.16 bits per heavy atom. The van der Waals surface area contributed by atoms with Gasteiger partial charge in [-0.3, -0.25) is 19.5 Å². The van der Waals surface area contributed by atoms with Gasteiger partial charge in [-0.2, -0.15) is 0 Å². The van der Waals surface area contributed by atoms with Crippen molar-refractivity contribution in [1.29, 1.82) is 0 Å². The highest BCUT2D eigenvalue weighted by atomic mass is 32.1. The summed E-state index contributed by atoms with van der Waals surface area (Å²) < 4.78 is 1.36. The number of carbonyl (C=O) groups is 1. The minimum Gasteiger partial charge on any atom is -0.341 e. The number of amides is 1. The SMILES string of the molecule is O=C(CCn1ccc(=O)[nH]c1=O)N1CCCN(Cc2cccs2)CC1. The number of aromatic nitrogens is 2. The highest BCUT2D eigenvalue weighted by molar-refractivity contribution is 7.09. The monoisotopic (exact) mass is 362 g/mol. The number of hydrogen-bond acceptors (Lipinski definition) is 5. The highest BCUT2D eigenvalue weighted by Crippen LogP contribution is 2.14. The molecule has 3 rings (SSSR count). The van der Waals surface area contributed by atoms with Crippen LogP contribution in [0.5, 0.6) is 0 Å². The van der Waals surface area contributed by atoms with Crippen LogP contribution >= 0.6 is 11.3 Å². The molecule has 0 atom stereocenters. The van der Waals surface area contributed by atoms with Gasteiger partial charge in [0, 0.05) is 62.8 Å². The first-order valence-electron chi connectivity index (χ1n) is 8.44. The van der Waals surface area contributed by atoms with Crippen LogP contribution in [0.2, 0.25) is 0 Å². The standard InChI is InChI=1S/C17H22N4O3S/c22-15-4-8-21(17(24)18-15)9-5-16(23)20-7-2-6-19(10-11-20)13-14-3-1-12-25-14/h1,3-4,8,12H,2,5-7,9-11,13H2,(H,18,22,24). The summed E-state index contributed by atoms with van der Waals surface area (Å²) in [5.74, 6) is 0.0519. The lowest BCUT2D eigenvalue weighted by atomic mass is 10.3. The quantitative estimate of drug-likeness (QED) is 0.850. The maximum absolute atomic E-state index is 12.4. The van der Waals surface area contributed by atoms with E-state index in [1.807, 2.05) is 4.90 Å². The van der Waals surface area contributed by atoms with Crippen molar-refractivity contribution >= 4 is 17.2 Å². The Labute approximate surface area is 149 Å². The van der Waals surface area contributed by atoms with Gasteiger partial charge in [0.2, 0.25) is 5.91 Å². The van der Waals surface area contributed by atoms with E-state index in [9.17, 15) is 14.4 Å². The molecule has 1 amide bonds. The second-order valence-electron chi connectivity index (χ2n) is 6.14. The van der Waals surface area contributed by atoms with Crippen LogP contribution in [0.3, 0.4) is 0 Å². The van der Waals surface area contributed by atoms with Crippen molar-refractivity contribution in [2.24, 2.45) is 0 Å². The van der Waals surface area contributed by atoms with Crippen LogP contribution in [0.1, 0.15) is 17.7 Å². The van der Waals surface area contributed by atoms with Crippen molar-refractivity contribution in [3.8, 4) is 0 Å². The molecule has 0 aromatic carbocycles. The molecule has 0 radical (unpaired) electrons. The number of aromatic amines is 1. The topological polar surface area (TPSA) is 78.4 Å². The number of aryl methyl sites for hydroxylation is 1. The Bertz CT molecular complexity index is 812. The molecule has 3 heterocycles. The predicted octanol–water partition coefficient (Wildman–Crippen LogP) is 0.723. The van der Waals surface area contributed by atoms with E-state index >= 15 is 0 Å². The third-order valence-electron chi connectivity index (χ3n) is 4.36. The summed E-state index contributed by atoms with van der Waals surface area (Å²) in [6.45, 7) is 4.53. The number of carbonyl (C=O) groups excluding carboxylic acids is 1. The first-order chi connectivity index (χ1) is 12.1. The van der Waals surface area contributed by atoms with Crippen molar-refractivity contribution in [2.45, 2.75) is 25.9 Å². The van der Waals surface area contributed by atoms with Crippen LogP contribution in [-0.2, 0) is 17.9 Å². The maximum Gasteiger partial charge on any atom is 0.328 e. The summed E-state index contributed by atoms with van der Waals surface area (Å²) >= 11 is 1.76. The Morgan fingerprint density at radius 2 is 2.04 bits per heavy atom. The maximum atomic E-state index is 12.4. The number of nitrogens with zero attached hydrogens (tertiary/aromatic N) is 3. The van der Waals surface area contributed by atoms with E-state index in [-0.39, 0.29) is 18.9 Å². The number of H-pyrrole nitrogens is 1. The van der Waals surface area contributed by atoms with Crippen molar-refractivity contribution < 1.29 is 4.79 Å². The summed E-state index contributed by atoms with van der Waals surface area (Å²) in [5.41, 5.74) is -0.899. The molecule has 2 aromatic heterocycles. The van der Waals surface area contributed by atoms with E-state index < -0.39 is 11.2 Å². The molecule has 0 spiro atoms. The van der Waals surface area contributed by atoms with E-state index in [2.05, 4.69) is 27.4 Å². The van der Waals surface area contributed by atoms with Gasteiger partial charge in [0.05, 0.1) is 0 Å². The molecule has 1 N–H and O–H groups in total. The molecule has 0 aliphatic carbocycles. The fraction of sp³-hybridized carbons (Fsp3) is 0.471. The van der Waals surface area contributed by atoms with Crippen molar-refractivity contribution in [1.82, 2.24) is 19.4 Å². The molecule has 0 bridgehead atoms. The summed E-state index contributed by atoms with van der Waals surface area (Å²) in [7, 11) is 0. The predicted molar refractivity (Wildman–Crippen MR) is 96.7 cm³/mol. The average Bonchev–Trinajstić information content (AvgIpc) is 2.98. The van der Waals surface area contributed by atoms with Gasteiger partial charge in [0.15, 0.2) is 0 Å². The molecular weight excluding hydrogens is 340 g/mol. The summed E-state index contributed by atoms with van der Waals surface area (Å²) in [6.07, 6.45) is 2.65. The molecule has 1 aliphatic rings. The highest BCUT2D eigenvalue weighted by Gasteiger charge is 2.19. The number of hydrogen-bond donors (Lipinski definition) is 1. The van der Waals surface area contributed by atoms with E-state index in [0.717, 1.165) is 32.6 Å². The second-order valence-corrected chi connectivity index (χ2v) is 7.18. The van der Waals surface area contributed by atoms with Gasteiger partial charge >= 0.3 is 5.69 Å². The molecule has 0 saturated carbocycles. The van der Waals surface area contributed by atoms with Crippen LogP contribution in [-0.4, -0.2) is 51.4 Å². The lowest BCUT2D eigenvalue weighted by Gasteiger charge is -2.22. The van der Waals surface area contributed by atoms with Crippen LogP contribution in [0, 0.1) is 0 Å². The first kappa shape index (κ1) is 17.6. The lowest BCUT2D eigenvalue weighted by molar-refractivity contribution is -0.131. The number of rotatable bonds is 5. The molecule has 1 fully saturated rings. The normalized spacial score (nSPS) is 15.9. The van der Waals surface area contributed by atoms with Crippen molar-refractivity contribution in [3.63, 3.8) is 0 Å². The molecule has 1 aliphatic heterocycles. The zero-order valence-electron chi connectivity index (χ0n) is 14.0. The Kier molecular flexibility index (Phi) is 5.83. The lowest BCUT2D eigenvalue weighted by Crippen LogP contribution is -2.36. The van der Waals surface area contributed by atoms with Gasteiger partial charge in [0.1, 0.15) is 0 Å². The van der Waals surface area contributed by atoms with Gasteiger partial charge in [-0.05, 0) is 17.9 Å². The largest absolute Gasteiger partial charge is 0.341 e. The minimum absolute atomic E-state index is 0.0519. The van der Waals surface area contributed by atoms with E-state index in [4.69, 9.17) is 0 Å². The third kappa shape index (κ3) is 4.90. The molecule has 8 heteroatoms. The molecule has 2 aromatic rings. The number of thiophene rings is 1. The Hall–Kier alpha value is -2.19. The molecular formula is C17H22N4O3S. The molecule has 25 heavy (non-hydrogen) atoms. The summed E-state index contributed by atoms with van der Waals surface area (Å²) in [4.78, 5) is 43.0. The molecule has 0 unspecified atom stereocenters. The zero-order chi connectivity index (χ0) is 17.6. The van der Waals surface area contributed by atoms with E-state index in [1.54, 1.807) is 11.3 Å². The van der Waals surface area contributed by atoms with Gasteiger partial charge in [-0.15, -0.1) is 11.3 Å². The van der Waals surface area contributed by atoms with E-state index in [1.165, 1.54) is 21.7 Å². The fourth-order valence-corrected chi connectivity index (χ4v) is 3.74. The van der Waals surface area contributed by atoms with Crippen LogP contribution < -0.4 is 11.2 Å². The van der Waals surface area contributed by atoms with Crippen molar-refractivity contribution in [3.05, 3.63) is 55.5 Å². The summed E-state index contributed by atoms with van der Waals surface area (Å²) in [5, 5.41) is 2.09. The smallest absolute Gasteiger partial charge is 0.328 e. The van der Waals surface area contributed by atoms with Gasteiger partial charge < -0.3 is 9.47 Å². The number of nitrogens with one attached hydrogen (secondary N) is 1. The first-order valence-corrected chi connectivity index (χ1v) is 9.32. The second kappa shape index (κ2) is 8.26. The van der Waals surface area contributed by atoms with Gasteiger partial charge in [-0.1, -0.05) is 6.07 Å². The van der Waals surface area contributed by atoms with Crippen LogP contribution in [0.25, 0.3) is 0 Å². The Morgan fingerprint density at radius 3 is 2.80 bits per heavy atom. The van der Waals surface area contributed by atoms with E-state index in [0.29, 0.717) is 6.54 Å². The van der Waals surface area contributed by atoms with Gasteiger partial charge in [0.25, 0.3) is 5.56 Å². The van der Waals surface area contributed by atoms with Crippen LogP contribution in [0.15, 0.2) is 39.4 Å². The van der Waals surface area contributed by atoms with Crippen molar-refractivity contribution in [2.75, 3.05) is 26.2 Å². The summed E-state index contributed by atoms with van der Waals surface area (Å²) in [6, 6.07) is 5.49. The van der Waals surface area contributed by atoms with Crippen LogP contribution in [0.4, 0.5) is 0 Å². The minimum atomic E-state index is -0.474. The van der Waals surface area contributed by atoms with Gasteiger partial charge in [-0.25, -0.2) is 4.79 Å². The third-order valence-corrected chi connectivity index (χ3v) is 5.23. The molecule has 134 valence electrons. The zero-order valence-corrected chi connectivity index (χ0v) is 14.8. The fourth-order valence-electron chi connectivity index (χ4n) is 3.00. The Balaban J connectivity index is 1.50. The molecule has 1 saturated heterocycles.